The summed E-state index contributed by atoms with van der Waals surface area (Å²) < 4.78 is 15.2. The molecular weight excluding hydrogens is 253 g/mol. The Morgan fingerprint density at radius 1 is 1.21 bits per heavy atom. The zero-order chi connectivity index (χ0) is 13.3. The molecule has 19 heavy (non-hydrogen) atoms. The van der Waals surface area contributed by atoms with Crippen molar-refractivity contribution in [2.75, 3.05) is 0 Å². The van der Waals surface area contributed by atoms with Crippen LogP contribution in [0.4, 0.5) is 0 Å². The predicted molar refractivity (Wildman–Crippen MR) is 62.8 cm³/mol. The Hall–Kier alpha value is 0.365. The van der Waals surface area contributed by atoms with Crippen molar-refractivity contribution in [1.82, 2.24) is 0 Å². The minimum Gasteiger partial charge on any atom is -0.780 e. The van der Waals surface area contributed by atoms with Gasteiger partial charge in [0.05, 0.1) is 0 Å². The monoisotopic (exact) mass is 270 g/mol. The van der Waals surface area contributed by atoms with Crippen LogP contribution in [0.1, 0.15) is 38.8 Å². The maximum atomic E-state index is 10.7. The fourth-order valence-electron chi connectivity index (χ4n) is 1.58. The molecule has 0 spiro atoms. The van der Waals surface area contributed by atoms with E-state index in [1.165, 1.54) is 0 Å². The molecule has 0 atom stereocenters. The van der Waals surface area contributed by atoms with E-state index in [9.17, 15) is 14.4 Å². The third-order valence-electron chi connectivity index (χ3n) is 2.47. The molecular formula is C12H17Li2O4P. The average molecular weight is 270 g/mol. The standard InChI is InChI=1S/C12H19O4P.2Li/c1-5-9-6-7-11(16-17(13,14)15)10(8-9)12(2,3)4;;/h6-8H,5H2,1-4H3,(H2,13,14,15);;/q;2*+1/p-2. The second-order valence-corrected chi connectivity index (χ2v) is 6.05. The number of aryl methyl sites for hydroxylation is 1. The molecule has 0 aromatic heterocycles. The Labute approximate surface area is 138 Å². The van der Waals surface area contributed by atoms with Gasteiger partial charge in [0.2, 0.25) is 0 Å². The van der Waals surface area contributed by atoms with Gasteiger partial charge in [-0.05, 0) is 23.5 Å². The number of phosphoric acid groups is 1. The van der Waals surface area contributed by atoms with E-state index in [0.29, 0.717) is 0 Å². The van der Waals surface area contributed by atoms with Crippen LogP contribution in [-0.4, -0.2) is 0 Å². The molecule has 0 aliphatic rings. The van der Waals surface area contributed by atoms with Crippen LogP contribution in [0.5, 0.6) is 5.75 Å². The fourth-order valence-corrected chi connectivity index (χ4v) is 1.98. The van der Waals surface area contributed by atoms with E-state index in [4.69, 9.17) is 0 Å². The Morgan fingerprint density at radius 3 is 2.11 bits per heavy atom. The van der Waals surface area contributed by atoms with Gasteiger partial charge in [-0.3, -0.25) is 0 Å². The van der Waals surface area contributed by atoms with Gasteiger partial charge < -0.3 is 18.9 Å². The number of benzene rings is 1. The van der Waals surface area contributed by atoms with Gasteiger partial charge >= 0.3 is 37.7 Å². The molecule has 0 N–H and O–H groups in total. The van der Waals surface area contributed by atoms with Gasteiger partial charge in [-0.1, -0.05) is 39.8 Å². The van der Waals surface area contributed by atoms with Crippen LogP contribution in [-0.2, 0) is 16.4 Å². The van der Waals surface area contributed by atoms with E-state index in [0.717, 1.165) is 17.5 Å². The van der Waals surface area contributed by atoms with Crippen LogP contribution in [0.15, 0.2) is 18.2 Å². The molecule has 0 radical (unpaired) electrons. The normalized spacial score (nSPS) is 11.3. The Bertz CT molecular complexity index is 452. The Balaban J connectivity index is 0. The fraction of sp³-hybridized carbons (Fsp3) is 0.500. The van der Waals surface area contributed by atoms with E-state index in [-0.39, 0.29) is 48.9 Å². The smallest absolute Gasteiger partial charge is 0.780 e. The van der Waals surface area contributed by atoms with Crippen molar-refractivity contribution in [3.05, 3.63) is 29.3 Å². The van der Waals surface area contributed by atoms with Crippen molar-refractivity contribution in [2.45, 2.75) is 39.5 Å². The first-order valence-electron chi connectivity index (χ1n) is 5.48. The molecule has 7 heteroatoms. The molecule has 0 amide bonds. The SMILES string of the molecule is CCc1ccc(OP(=O)([O-])[O-])c(C(C)(C)C)c1.[Li+].[Li+]. The number of hydrogen-bond donors (Lipinski definition) is 0. The Morgan fingerprint density at radius 2 is 1.74 bits per heavy atom. The minimum absolute atomic E-state index is 0. The maximum Gasteiger partial charge on any atom is 1.00 e. The summed E-state index contributed by atoms with van der Waals surface area (Å²) in [4.78, 5) is 21.4. The molecule has 0 saturated heterocycles. The number of phosphoric ester groups is 1. The topological polar surface area (TPSA) is 72.4 Å². The van der Waals surface area contributed by atoms with Gasteiger partial charge in [-0.2, -0.15) is 0 Å². The van der Waals surface area contributed by atoms with Crippen molar-refractivity contribution in [1.29, 1.82) is 0 Å². The average Bonchev–Trinajstić information content (AvgIpc) is 2.14. The van der Waals surface area contributed by atoms with Crippen LogP contribution in [0.3, 0.4) is 0 Å². The first kappa shape index (κ1) is 21.7. The summed E-state index contributed by atoms with van der Waals surface area (Å²) in [5.74, 6) is 0.128. The molecule has 4 nitrogen and oxygen atoms in total. The molecule has 0 heterocycles. The van der Waals surface area contributed by atoms with Crippen molar-refractivity contribution in [3.8, 4) is 5.75 Å². The van der Waals surface area contributed by atoms with Crippen LogP contribution in [0, 0.1) is 0 Å². The van der Waals surface area contributed by atoms with E-state index >= 15 is 0 Å². The zero-order valence-electron chi connectivity index (χ0n) is 12.5. The van der Waals surface area contributed by atoms with E-state index in [1.54, 1.807) is 12.1 Å². The molecule has 0 bridgehead atoms. The number of rotatable bonds is 3. The molecule has 0 unspecified atom stereocenters. The van der Waals surface area contributed by atoms with Crippen molar-refractivity contribution in [3.63, 3.8) is 0 Å². The zero-order valence-corrected chi connectivity index (χ0v) is 13.4. The summed E-state index contributed by atoms with van der Waals surface area (Å²) in [7, 11) is -5.01. The van der Waals surface area contributed by atoms with Crippen molar-refractivity contribution < 1.29 is 56.6 Å². The van der Waals surface area contributed by atoms with Crippen LogP contribution in [0.25, 0.3) is 0 Å². The molecule has 1 rings (SSSR count). The van der Waals surface area contributed by atoms with Crippen LogP contribution >= 0.6 is 7.82 Å². The van der Waals surface area contributed by atoms with Gasteiger partial charge in [-0.15, -0.1) is 0 Å². The largest absolute Gasteiger partial charge is 1.00 e. The third kappa shape index (κ3) is 7.08. The summed E-state index contributed by atoms with van der Waals surface area (Å²) in [6.45, 7) is 7.83. The van der Waals surface area contributed by atoms with Gasteiger partial charge in [0, 0.05) is 5.56 Å². The summed E-state index contributed by atoms with van der Waals surface area (Å²) in [6, 6.07) is 5.19. The third-order valence-corrected chi connectivity index (χ3v) is 2.89. The summed E-state index contributed by atoms with van der Waals surface area (Å²) >= 11 is 0. The van der Waals surface area contributed by atoms with Crippen molar-refractivity contribution in [2.24, 2.45) is 0 Å². The van der Waals surface area contributed by atoms with Crippen molar-refractivity contribution >= 4 is 7.82 Å². The summed E-state index contributed by atoms with van der Waals surface area (Å²) in [5, 5.41) is 0. The Kier molecular flexibility index (Phi) is 9.08. The molecule has 0 aliphatic heterocycles. The predicted octanol–water partition coefficient (Wildman–Crippen LogP) is -4.24. The second kappa shape index (κ2) is 7.97. The number of hydrogen-bond acceptors (Lipinski definition) is 4. The van der Waals surface area contributed by atoms with Crippen LogP contribution < -0.4 is 52.0 Å². The van der Waals surface area contributed by atoms with Gasteiger partial charge in [0.1, 0.15) is 13.6 Å². The minimum atomic E-state index is -5.01. The summed E-state index contributed by atoms with van der Waals surface area (Å²) in [6.07, 6.45) is 0.843. The molecule has 96 valence electrons. The summed E-state index contributed by atoms with van der Waals surface area (Å²) in [5.41, 5.74) is 1.52. The maximum absolute atomic E-state index is 10.7. The van der Waals surface area contributed by atoms with E-state index in [1.807, 2.05) is 33.8 Å². The van der Waals surface area contributed by atoms with Crippen LogP contribution in [0.2, 0.25) is 0 Å². The van der Waals surface area contributed by atoms with Gasteiger partial charge in [-0.25, -0.2) is 0 Å². The van der Waals surface area contributed by atoms with Gasteiger partial charge in [0.25, 0.3) is 0 Å². The van der Waals surface area contributed by atoms with E-state index in [2.05, 4.69) is 4.52 Å². The first-order valence-corrected chi connectivity index (χ1v) is 6.94. The molecule has 0 saturated carbocycles. The van der Waals surface area contributed by atoms with Gasteiger partial charge in [0.15, 0.2) is 0 Å². The molecule has 1 aromatic carbocycles. The molecule has 1 aromatic rings. The molecule has 0 aliphatic carbocycles. The van der Waals surface area contributed by atoms with E-state index < -0.39 is 7.82 Å². The quantitative estimate of drug-likeness (QED) is 0.412. The first-order chi connectivity index (χ1) is 7.63. The molecule has 0 fully saturated rings. The second-order valence-electron chi connectivity index (χ2n) is 4.97.